The van der Waals surface area contributed by atoms with Gasteiger partial charge in [-0.15, -0.1) is 0 Å². The van der Waals surface area contributed by atoms with Crippen molar-refractivity contribution in [1.82, 2.24) is 0 Å². The molecule has 0 spiro atoms. The highest BCUT2D eigenvalue weighted by Crippen LogP contribution is 2.40. The second kappa shape index (κ2) is 6.02. The lowest BCUT2D eigenvalue weighted by Gasteiger charge is -2.19. The van der Waals surface area contributed by atoms with Crippen LogP contribution in [0.5, 0.6) is 11.5 Å². The molecule has 1 atom stereocenters. The summed E-state index contributed by atoms with van der Waals surface area (Å²) >= 11 is 16.9. The molecule has 0 bridgehead atoms. The molecule has 19 heavy (non-hydrogen) atoms. The number of hydrogen-bond acceptors (Lipinski definition) is 2. The molecule has 0 radical (unpaired) electrons. The fourth-order valence-corrected chi connectivity index (χ4v) is 1.91. The predicted molar refractivity (Wildman–Crippen MR) is 78.2 cm³/mol. The third-order valence-corrected chi connectivity index (χ3v) is 3.10. The Bertz CT molecular complexity index is 521. The molecule has 2 rings (SSSR count). The van der Waals surface area contributed by atoms with Crippen LogP contribution < -0.4 is 4.74 Å². The van der Waals surface area contributed by atoms with Crippen LogP contribution in [0.1, 0.15) is 11.7 Å². The quantitative estimate of drug-likeness (QED) is 0.817. The van der Waals surface area contributed by atoms with E-state index in [4.69, 9.17) is 39.5 Å². The number of rotatable bonds is 3. The zero-order valence-corrected chi connectivity index (χ0v) is 12.0. The average Bonchev–Trinajstić information content (AvgIpc) is 2.39. The van der Waals surface area contributed by atoms with Crippen molar-refractivity contribution in [3.8, 4) is 11.5 Å². The maximum Gasteiger partial charge on any atom is 0.220 e. The Hall–Kier alpha value is -0.930. The molecule has 0 heterocycles. The molecular weight excluding hydrogens is 307 g/mol. The average molecular weight is 318 g/mol. The maximum atomic E-state index is 9.80. The van der Waals surface area contributed by atoms with Crippen LogP contribution >= 0.6 is 34.8 Å². The molecular formula is C14H11Cl3O2. The van der Waals surface area contributed by atoms with Gasteiger partial charge in [0.05, 0.1) is 0 Å². The lowest BCUT2D eigenvalue weighted by atomic mass is 10.1. The van der Waals surface area contributed by atoms with Gasteiger partial charge < -0.3 is 9.84 Å². The first kappa shape index (κ1) is 14.5. The summed E-state index contributed by atoms with van der Waals surface area (Å²) in [4.78, 5) is 0. The molecule has 5 heteroatoms. The normalized spacial score (nSPS) is 13.1. The molecule has 0 aromatic heterocycles. The molecule has 1 unspecified atom stereocenters. The zero-order valence-electron chi connectivity index (χ0n) is 9.76. The molecule has 2 aromatic rings. The van der Waals surface area contributed by atoms with Crippen molar-refractivity contribution in [3.63, 3.8) is 0 Å². The number of aliphatic hydroxyl groups excluding tert-OH is 1. The highest BCUT2D eigenvalue weighted by atomic mass is 35.6. The van der Waals surface area contributed by atoms with E-state index in [1.165, 1.54) is 0 Å². The molecule has 0 aliphatic rings. The molecule has 0 amide bonds. The minimum atomic E-state index is -1.75. The molecule has 0 aliphatic heterocycles. The number of halogens is 3. The fourth-order valence-electron chi connectivity index (χ4n) is 1.53. The third-order valence-electron chi connectivity index (χ3n) is 2.48. The molecule has 100 valence electrons. The molecule has 0 aliphatic carbocycles. The molecule has 0 fully saturated rings. The largest absolute Gasteiger partial charge is 0.457 e. The number of ether oxygens (including phenoxy) is 1. The lowest BCUT2D eigenvalue weighted by Crippen LogP contribution is -2.16. The van der Waals surface area contributed by atoms with Gasteiger partial charge in [-0.2, -0.15) is 0 Å². The van der Waals surface area contributed by atoms with Crippen molar-refractivity contribution >= 4 is 34.8 Å². The van der Waals surface area contributed by atoms with Gasteiger partial charge in [0.2, 0.25) is 3.79 Å². The van der Waals surface area contributed by atoms with E-state index in [0.29, 0.717) is 11.3 Å². The topological polar surface area (TPSA) is 29.5 Å². The number of para-hydroxylation sites is 1. The Morgan fingerprint density at radius 3 is 1.89 bits per heavy atom. The van der Waals surface area contributed by atoms with Crippen LogP contribution in [-0.4, -0.2) is 8.90 Å². The first-order valence-electron chi connectivity index (χ1n) is 5.54. The maximum absolute atomic E-state index is 9.80. The van der Waals surface area contributed by atoms with Crippen molar-refractivity contribution in [1.29, 1.82) is 0 Å². The number of hydrogen-bond donors (Lipinski definition) is 1. The van der Waals surface area contributed by atoms with Crippen LogP contribution in [0, 0.1) is 0 Å². The smallest absolute Gasteiger partial charge is 0.220 e. The Balaban J connectivity index is 2.11. The number of benzene rings is 2. The molecule has 2 aromatic carbocycles. The van der Waals surface area contributed by atoms with E-state index >= 15 is 0 Å². The summed E-state index contributed by atoms with van der Waals surface area (Å²) in [6.07, 6.45) is -1.18. The van der Waals surface area contributed by atoms with Gasteiger partial charge in [0, 0.05) is 0 Å². The van der Waals surface area contributed by atoms with E-state index in [-0.39, 0.29) is 0 Å². The van der Waals surface area contributed by atoms with Crippen LogP contribution in [0.2, 0.25) is 0 Å². The number of alkyl halides is 3. The van der Waals surface area contributed by atoms with E-state index in [2.05, 4.69) is 0 Å². The van der Waals surface area contributed by atoms with Crippen molar-refractivity contribution < 1.29 is 9.84 Å². The van der Waals surface area contributed by atoms with Crippen molar-refractivity contribution in [2.75, 3.05) is 0 Å². The van der Waals surface area contributed by atoms with Crippen LogP contribution in [0.3, 0.4) is 0 Å². The molecule has 2 nitrogen and oxygen atoms in total. The summed E-state index contributed by atoms with van der Waals surface area (Å²) in [5.41, 5.74) is 0.514. The van der Waals surface area contributed by atoms with E-state index in [0.717, 1.165) is 5.75 Å². The fraction of sp³-hybridized carbons (Fsp3) is 0.143. The minimum Gasteiger partial charge on any atom is -0.457 e. The zero-order chi connectivity index (χ0) is 13.9. The summed E-state index contributed by atoms with van der Waals surface area (Å²) in [5, 5.41) is 9.80. The first-order valence-corrected chi connectivity index (χ1v) is 6.68. The van der Waals surface area contributed by atoms with Crippen molar-refractivity contribution in [2.45, 2.75) is 9.90 Å². The molecule has 0 saturated heterocycles. The monoisotopic (exact) mass is 316 g/mol. The van der Waals surface area contributed by atoms with Crippen LogP contribution in [0.4, 0.5) is 0 Å². The standard InChI is InChI=1S/C14H11Cl3O2/c15-14(16,17)13(18)10-6-8-12(9-7-10)19-11-4-2-1-3-5-11/h1-9,13,18H. The van der Waals surface area contributed by atoms with Crippen molar-refractivity contribution in [3.05, 3.63) is 60.2 Å². The van der Waals surface area contributed by atoms with Gasteiger partial charge >= 0.3 is 0 Å². The van der Waals surface area contributed by atoms with E-state index in [9.17, 15) is 5.11 Å². The Labute approximate surface area is 126 Å². The summed E-state index contributed by atoms with van der Waals surface area (Å²) in [6, 6.07) is 16.1. The molecule has 1 N–H and O–H groups in total. The van der Waals surface area contributed by atoms with Crippen molar-refractivity contribution in [2.24, 2.45) is 0 Å². The van der Waals surface area contributed by atoms with E-state index in [1.807, 2.05) is 30.3 Å². The van der Waals surface area contributed by atoms with Gasteiger partial charge in [-0.1, -0.05) is 65.1 Å². The summed E-state index contributed by atoms with van der Waals surface area (Å²) in [6.45, 7) is 0. The Morgan fingerprint density at radius 1 is 0.842 bits per heavy atom. The van der Waals surface area contributed by atoms with Gasteiger partial charge in [-0.05, 0) is 29.8 Å². The first-order chi connectivity index (χ1) is 8.97. The second-order valence-electron chi connectivity index (χ2n) is 3.93. The SMILES string of the molecule is OC(c1ccc(Oc2ccccc2)cc1)C(Cl)(Cl)Cl. The summed E-state index contributed by atoms with van der Waals surface area (Å²) in [7, 11) is 0. The van der Waals surface area contributed by atoms with Gasteiger partial charge in [0.1, 0.15) is 17.6 Å². The Kier molecular flexibility index (Phi) is 4.58. The van der Waals surface area contributed by atoms with Crippen LogP contribution in [0.15, 0.2) is 54.6 Å². The van der Waals surface area contributed by atoms with Gasteiger partial charge in [-0.25, -0.2) is 0 Å². The summed E-state index contributed by atoms with van der Waals surface area (Å²) < 4.78 is 3.87. The summed E-state index contributed by atoms with van der Waals surface area (Å²) in [5.74, 6) is 1.38. The highest BCUT2D eigenvalue weighted by Gasteiger charge is 2.31. The second-order valence-corrected chi connectivity index (χ2v) is 6.30. The highest BCUT2D eigenvalue weighted by molar-refractivity contribution is 6.68. The van der Waals surface area contributed by atoms with Crippen LogP contribution in [-0.2, 0) is 0 Å². The Morgan fingerprint density at radius 2 is 1.37 bits per heavy atom. The predicted octanol–water partition coefficient (Wildman–Crippen LogP) is 4.88. The van der Waals surface area contributed by atoms with Gasteiger partial charge in [-0.3, -0.25) is 0 Å². The van der Waals surface area contributed by atoms with E-state index in [1.54, 1.807) is 24.3 Å². The lowest BCUT2D eigenvalue weighted by molar-refractivity contribution is 0.182. The van der Waals surface area contributed by atoms with Gasteiger partial charge in [0.15, 0.2) is 0 Å². The van der Waals surface area contributed by atoms with Gasteiger partial charge in [0.25, 0.3) is 0 Å². The minimum absolute atomic E-state index is 0.514. The molecule has 0 saturated carbocycles. The third kappa shape index (κ3) is 4.02. The van der Waals surface area contributed by atoms with E-state index < -0.39 is 9.90 Å². The number of aliphatic hydroxyl groups is 1. The van der Waals surface area contributed by atoms with Crippen LogP contribution in [0.25, 0.3) is 0 Å².